The number of rotatable bonds is 15. The summed E-state index contributed by atoms with van der Waals surface area (Å²) in [5, 5.41) is 42.5. The van der Waals surface area contributed by atoms with Gasteiger partial charge < -0.3 is 45.0 Å². The zero-order valence-corrected chi connectivity index (χ0v) is 56.8. The van der Waals surface area contributed by atoms with E-state index in [-0.39, 0.29) is 90.7 Å². The van der Waals surface area contributed by atoms with E-state index in [0.717, 1.165) is 176 Å². The molecule has 6 aromatic heterocycles. The minimum Gasteiger partial charge on any atom is -0.480 e. The Kier molecular flexibility index (Phi) is 20.3. The molecule has 12 aromatic rings. The summed E-state index contributed by atoms with van der Waals surface area (Å²) in [6.45, 7) is 5.28. The van der Waals surface area contributed by atoms with E-state index >= 15 is 0 Å². The maximum Gasteiger partial charge on any atom is 0.323 e. The predicted molar refractivity (Wildman–Crippen MR) is 385 cm³/mol. The molecule has 6 N–H and O–H groups in total. The number of aliphatic carboxylic acids is 3. The summed E-state index contributed by atoms with van der Waals surface area (Å²) in [5.41, 5.74) is 12.2. The van der Waals surface area contributed by atoms with Crippen LogP contribution in [0.2, 0.25) is 0 Å². The number of carboxylic acid groups (broad SMARTS) is 3. The zero-order chi connectivity index (χ0) is 71.5. The first-order valence-corrected chi connectivity index (χ1v) is 34.7. The van der Waals surface area contributed by atoms with Gasteiger partial charge >= 0.3 is 17.9 Å². The molecule has 0 saturated heterocycles. The third-order valence-corrected chi connectivity index (χ3v) is 20.9. The number of hydrogen-bond acceptors (Lipinski definition) is 9. The molecule has 0 aliphatic heterocycles. The Morgan fingerprint density at radius 3 is 1.21 bits per heavy atom. The molecule has 3 amide bonds. The Labute approximate surface area is 585 Å². The summed E-state index contributed by atoms with van der Waals surface area (Å²) in [5.74, 6) is -3.51. The summed E-state index contributed by atoms with van der Waals surface area (Å²) in [4.78, 5) is 86.1. The highest BCUT2D eigenvalue weighted by molar-refractivity contribution is 6.07. The Morgan fingerprint density at radius 2 is 0.765 bits per heavy atom. The van der Waals surface area contributed by atoms with Gasteiger partial charge in [-0.15, -0.1) is 0 Å². The molecule has 0 atom stereocenters. The van der Waals surface area contributed by atoms with Crippen molar-refractivity contribution in [1.82, 2.24) is 44.6 Å². The highest BCUT2D eigenvalue weighted by atomic mass is 19.1. The topological polar surface area (TPSA) is 253 Å². The van der Waals surface area contributed by atoms with Crippen molar-refractivity contribution in [1.29, 1.82) is 0 Å². The number of benzene rings is 6. The van der Waals surface area contributed by atoms with E-state index in [1.165, 1.54) is 36.4 Å². The third-order valence-electron chi connectivity index (χ3n) is 20.9. The average molecular weight is 1380 g/mol. The van der Waals surface area contributed by atoms with Crippen molar-refractivity contribution in [3.63, 3.8) is 0 Å². The first-order chi connectivity index (χ1) is 49.2. The number of halogens is 3. The van der Waals surface area contributed by atoms with Crippen LogP contribution in [0.3, 0.4) is 0 Å². The van der Waals surface area contributed by atoms with Crippen LogP contribution in [-0.2, 0) is 34.0 Å². The Morgan fingerprint density at radius 1 is 0.392 bits per heavy atom. The second kappa shape index (κ2) is 29.9. The summed E-state index contributed by atoms with van der Waals surface area (Å²) >= 11 is 0. The number of hydrogen-bond donors (Lipinski definition) is 6. The molecule has 6 heterocycles. The van der Waals surface area contributed by atoms with E-state index in [0.29, 0.717) is 16.7 Å². The number of carboxylic acids is 3. The lowest BCUT2D eigenvalue weighted by molar-refractivity contribution is -0.138. The summed E-state index contributed by atoms with van der Waals surface area (Å²) in [7, 11) is 0. The molecule has 0 unspecified atom stereocenters. The molecule has 18 nitrogen and oxygen atoms in total. The van der Waals surface area contributed by atoms with Crippen molar-refractivity contribution in [2.45, 2.75) is 153 Å². The highest BCUT2D eigenvalue weighted by Gasteiger charge is 2.33. The zero-order valence-electron chi connectivity index (χ0n) is 56.8. The van der Waals surface area contributed by atoms with Gasteiger partial charge in [-0.05, 0) is 229 Å². The molecule has 21 heteroatoms. The van der Waals surface area contributed by atoms with Gasteiger partial charge in [0.1, 0.15) is 37.1 Å². The predicted octanol–water partition coefficient (Wildman–Crippen LogP) is 15.5. The van der Waals surface area contributed by atoms with Crippen molar-refractivity contribution in [2.75, 3.05) is 0 Å². The van der Waals surface area contributed by atoms with Crippen LogP contribution in [0.1, 0.15) is 160 Å². The van der Waals surface area contributed by atoms with Crippen molar-refractivity contribution in [2.24, 2.45) is 0 Å². The lowest BCUT2D eigenvalue weighted by Gasteiger charge is -2.30. The van der Waals surface area contributed by atoms with Gasteiger partial charge in [0, 0.05) is 108 Å². The van der Waals surface area contributed by atoms with Crippen molar-refractivity contribution in [3.05, 3.63) is 232 Å². The molecule has 3 fully saturated rings. The highest BCUT2D eigenvalue weighted by Crippen LogP contribution is 2.44. The average Bonchev–Trinajstić information content (AvgIpc) is 1.62. The van der Waals surface area contributed by atoms with Crippen LogP contribution in [0.4, 0.5) is 13.2 Å². The van der Waals surface area contributed by atoms with E-state index < -0.39 is 17.9 Å². The minimum atomic E-state index is -0.925. The fourth-order valence-corrected chi connectivity index (χ4v) is 16.2. The summed E-state index contributed by atoms with van der Waals surface area (Å²) in [6, 6.07) is 42.0. The molecule has 6 aromatic carbocycles. The van der Waals surface area contributed by atoms with Crippen molar-refractivity contribution >= 4 is 101 Å². The fourth-order valence-electron chi connectivity index (χ4n) is 16.2. The molecule has 3 aliphatic rings. The van der Waals surface area contributed by atoms with Gasteiger partial charge in [0.25, 0.3) is 17.7 Å². The lowest BCUT2D eigenvalue weighted by atomic mass is 9.80. The second-order valence-corrected chi connectivity index (χ2v) is 27.2. The number of amides is 3. The van der Waals surface area contributed by atoms with Crippen LogP contribution in [0, 0.1) is 38.2 Å². The number of nitrogens with zero attached hydrogens (tertiary/aromatic N) is 6. The SMILES string of the molecule is Cc1c(C2CCC(NC(=O)c3cccc4ncccc34)CC2)c2cc(F)ccc2n1CC(=O)O.Cc1c(C2CCC(NC(=O)c3ccnc4ccccc34)CC2)c2cc(F)ccc2n1CC(=O)O.Cc1c(C2CCC(NC(=O)c3cnc4ccccc4c3)CC2)c2cc(F)ccc2n1CC(=O)O. The molecule has 0 bridgehead atoms. The third kappa shape index (κ3) is 14.7. The van der Waals surface area contributed by atoms with Crippen molar-refractivity contribution in [3.8, 4) is 0 Å². The van der Waals surface area contributed by atoms with Crippen LogP contribution >= 0.6 is 0 Å². The molecule has 15 rings (SSSR count). The maximum absolute atomic E-state index is 14.1. The van der Waals surface area contributed by atoms with Crippen LogP contribution in [-0.4, -0.2) is 97.7 Å². The summed E-state index contributed by atoms with van der Waals surface area (Å²) in [6.07, 6.45) is 14.8. The van der Waals surface area contributed by atoms with E-state index in [1.54, 1.807) is 56.6 Å². The summed E-state index contributed by atoms with van der Waals surface area (Å²) < 4.78 is 47.5. The molecule has 3 aliphatic carbocycles. The number of pyridine rings is 3. The first-order valence-electron chi connectivity index (χ1n) is 34.7. The van der Waals surface area contributed by atoms with Gasteiger partial charge in [-0.1, -0.05) is 48.5 Å². The normalized spacial score (nSPS) is 18.3. The largest absolute Gasteiger partial charge is 0.480 e. The quantitative estimate of drug-likeness (QED) is 0.0561. The number of carbonyl (C=O) groups is 6. The van der Waals surface area contributed by atoms with E-state index in [4.69, 9.17) is 0 Å². The second-order valence-electron chi connectivity index (χ2n) is 27.2. The molecular weight excluding hydrogens is 1300 g/mol. The molecule has 102 heavy (non-hydrogen) atoms. The van der Waals surface area contributed by atoms with E-state index in [9.17, 15) is 57.3 Å². The molecule has 3 saturated carbocycles. The molecule has 0 radical (unpaired) electrons. The smallest absolute Gasteiger partial charge is 0.323 e. The van der Waals surface area contributed by atoms with Crippen LogP contribution in [0.5, 0.6) is 0 Å². The number of carbonyl (C=O) groups excluding carboxylic acids is 3. The molecule has 0 spiro atoms. The van der Waals surface area contributed by atoms with Crippen LogP contribution in [0.15, 0.2) is 164 Å². The van der Waals surface area contributed by atoms with Gasteiger partial charge in [0.2, 0.25) is 0 Å². The first kappa shape index (κ1) is 69.3. The van der Waals surface area contributed by atoms with Crippen LogP contribution < -0.4 is 16.0 Å². The van der Waals surface area contributed by atoms with Crippen molar-refractivity contribution < 1.29 is 57.3 Å². The fraction of sp³-hybridized carbons (Fsp3) is 0.296. The number of nitrogens with one attached hydrogen (secondary N) is 3. The van der Waals surface area contributed by atoms with E-state index in [1.807, 2.05) is 106 Å². The monoisotopic (exact) mass is 1380 g/mol. The Bertz CT molecular complexity index is 5000. The number of para-hydroxylation sites is 2. The minimum absolute atomic E-state index is 0.0552. The number of aromatic nitrogens is 6. The van der Waals surface area contributed by atoms with E-state index in [2.05, 4.69) is 30.9 Å². The Hall–Kier alpha value is -11.2. The number of fused-ring (bicyclic) bond motifs is 6. The van der Waals surface area contributed by atoms with Gasteiger partial charge in [0.05, 0.1) is 27.7 Å². The Balaban J connectivity index is 0.000000137. The van der Waals surface area contributed by atoms with Gasteiger partial charge in [0.15, 0.2) is 0 Å². The van der Waals surface area contributed by atoms with Gasteiger partial charge in [-0.25, -0.2) is 13.2 Å². The van der Waals surface area contributed by atoms with Crippen LogP contribution in [0.25, 0.3) is 65.4 Å². The lowest BCUT2D eigenvalue weighted by Crippen LogP contribution is -2.37. The van der Waals surface area contributed by atoms with Gasteiger partial charge in [-0.3, -0.25) is 43.7 Å². The standard InChI is InChI=1S/3C27H26FN3O3/c1-16-26(22-14-18(28)9-12-24(22)31(16)15-25(32)33)17-7-10-19(11-8-17)30-27(34)21-4-2-6-23-20(21)5-3-13-29-23;1-16-26(22-13-20(28)8-11-24(22)31(16)15-25(32)33)17-6-9-21(10-7-17)30-27(34)19-12-18-4-2-3-5-23(18)29-14-19;1-16-26(22-14-18(28)8-11-24(22)31(16)15-25(32)33)17-6-9-19(10-7-17)30-27(34)21-12-13-29-23-5-3-2-4-20(21)23/h2-6,9,12-14,17,19H,7-8,10-11,15H2,1H3,(H,30,34)(H,32,33);2-5,8,11-14,17,21H,6-7,9-10,15H2,1H3,(H,30,34)(H,32,33);2-5,8,11-14,17,19H,6-7,9-10,15H2,1H3,(H,30,34)(H,32,33). The molecule has 522 valence electrons. The maximum atomic E-state index is 14.1. The molecular formula is C81H78F3N9O9. The van der Waals surface area contributed by atoms with Gasteiger partial charge in [-0.2, -0.15) is 0 Å².